The van der Waals surface area contributed by atoms with Crippen LogP contribution in [0.2, 0.25) is 5.02 Å². The van der Waals surface area contributed by atoms with E-state index in [1.807, 2.05) is 6.92 Å². The quantitative estimate of drug-likeness (QED) is 0.800. The zero-order valence-corrected chi connectivity index (χ0v) is 8.89. The van der Waals surface area contributed by atoms with Crippen LogP contribution in [0, 0.1) is 0 Å². The summed E-state index contributed by atoms with van der Waals surface area (Å²) in [6, 6.07) is 1.56. The summed E-state index contributed by atoms with van der Waals surface area (Å²) in [5.41, 5.74) is 0.456. The van der Waals surface area contributed by atoms with E-state index in [4.69, 9.17) is 16.3 Å². The van der Waals surface area contributed by atoms with Gasteiger partial charge in [-0.2, -0.15) is 0 Å². The highest BCUT2D eigenvalue weighted by atomic mass is 35.5. The molecule has 1 unspecified atom stereocenters. The number of aromatic amines is 1. The van der Waals surface area contributed by atoms with E-state index in [1.165, 1.54) is 0 Å². The molecule has 2 N–H and O–H groups in total. The number of rotatable bonds is 4. The molecule has 14 heavy (non-hydrogen) atoms. The molecule has 5 heteroatoms. The molecule has 0 radical (unpaired) electrons. The maximum atomic E-state index is 11.5. The zero-order chi connectivity index (χ0) is 10.6. The largest absolute Gasteiger partial charge is 0.383 e. The van der Waals surface area contributed by atoms with Crippen LogP contribution in [0.5, 0.6) is 0 Å². The van der Waals surface area contributed by atoms with Crippen LogP contribution < -0.4 is 5.32 Å². The Labute approximate surface area is 87.6 Å². The SMILES string of the molecule is COCC(C)NC(=O)c1cc(Cl)c[nH]1. The molecule has 1 amide bonds. The van der Waals surface area contributed by atoms with Gasteiger partial charge >= 0.3 is 0 Å². The van der Waals surface area contributed by atoms with Gasteiger partial charge in [0.2, 0.25) is 0 Å². The first kappa shape index (κ1) is 11.1. The fraction of sp³-hybridized carbons (Fsp3) is 0.444. The van der Waals surface area contributed by atoms with E-state index >= 15 is 0 Å². The third-order valence-electron chi connectivity index (χ3n) is 1.69. The van der Waals surface area contributed by atoms with Crippen molar-refractivity contribution >= 4 is 17.5 Å². The Bertz CT molecular complexity index is 312. The lowest BCUT2D eigenvalue weighted by Crippen LogP contribution is -2.35. The predicted octanol–water partition coefficient (Wildman–Crippen LogP) is 1.43. The Balaban J connectivity index is 2.50. The number of nitrogens with one attached hydrogen (secondary N) is 2. The van der Waals surface area contributed by atoms with E-state index in [1.54, 1.807) is 19.4 Å². The Morgan fingerprint density at radius 2 is 2.50 bits per heavy atom. The molecule has 1 heterocycles. The summed E-state index contributed by atoms with van der Waals surface area (Å²) < 4.78 is 4.89. The molecular formula is C9H13ClN2O2. The highest BCUT2D eigenvalue weighted by molar-refractivity contribution is 6.30. The smallest absolute Gasteiger partial charge is 0.268 e. The van der Waals surface area contributed by atoms with Crippen molar-refractivity contribution in [1.29, 1.82) is 0 Å². The monoisotopic (exact) mass is 216 g/mol. The lowest BCUT2D eigenvalue weighted by Gasteiger charge is -2.11. The maximum absolute atomic E-state index is 11.5. The van der Waals surface area contributed by atoms with Gasteiger partial charge in [-0.1, -0.05) is 11.6 Å². The number of ether oxygens (including phenoxy) is 1. The topological polar surface area (TPSA) is 54.1 Å². The normalized spacial score (nSPS) is 12.5. The second kappa shape index (κ2) is 5.02. The van der Waals surface area contributed by atoms with Crippen molar-refractivity contribution < 1.29 is 9.53 Å². The summed E-state index contributed by atoms with van der Waals surface area (Å²) in [7, 11) is 1.59. The van der Waals surface area contributed by atoms with Crippen LogP contribution in [0.15, 0.2) is 12.3 Å². The molecule has 1 aromatic heterocycles. The van der Waals surface area contributed by atoms with Crippen molar-refractivity contribution in [2.75, 3.05) is 13.7 Å². The van der Waals surface area contributed by atoms with Gasteiger partial charge in [-0.25, -0.2) is 0 Å². The van der Waals surface area contributed by atoms with Crippen LogP contribution in [-0.4, -0.2) is 30.6 Å². The number of carbonyl (C=O) groups is 1. The number of hydrogen-bond donors (Lipinski definition) is 2. The van der Waals surface area contributed by atoms with Crippen LogP contribution in [0.1, 0.15) is 17.4 Å². The average Bonchev–Trinajstić information content (AvgIpc) is 2.52. The number of halogens is 1. The first-order chi connectivity index (χ1) is 6.63. The summed E-state index contributed by atoms with van der Waals surface area (Å²) in [6.07, 6.45) is 1.57. The fourth-order valence-electron chi connectivity index (χ4n) is 1.09. The van der Waals surface area contributed by atoms with Crippen LogP contribution in [0.3, 0.4) is 0 Å². The van der Waals surface area contributed by atoms with Crippen LogP contribution in [-0.2, 0) is 4.74 Å². The molecular weight excluding hydrogens is 204 g/mol. The Morgan fingerprint density at radius 3 is 3.00 bits per heavy atom. The maximum Gasteiger partial charge on any atom is 0.268 e. The standard InChI is InChI=1S/C9H13ClN2O2/c1-6(5-14-2)12-9(13)8-3-7(10)4-11-8/h3-4,6,11H,5H2,1-2H3,(H,12,13). The van der Waals surface area contributed by atoms with Gasteiger partial charge in [-0.05, 0) is 13.0 Å². The van der Waals surface area contributed by atoms with Gasteiger partial charge in [0.05, 0.1) is 11.6 Å². The van der Waals surface area contributed by atoms with E-state index in [-0.39, 0.29) is 11.9 Å². The highest BCUT2D eigenvalue weighted by Crippen LogP contribution is 2.09. The number of aromatic nitrogens is 1. The molecule has 0 saturated heterocycles. The molecule has 78 valence electrons. The van der Waals surface area contributed by atoms with Gasteiger partial charge in [0.15, 0.2) is 0 Å². The Morgan fingerprint density at radius 1 is 1.79 bits per heavy atom. The number of H-pyrrole nitrogens is 1. The van der Waals surface area contributed by atoms with Gasteiger partial charge < -0.3 is 15.0 Å². The summed E-state index contributed by atoms with van der Waals surface area (Å²) in [6.45, 7) is 2.35. The van der Waals surface area contributed by atoms with Crippen molar-refractivity contribution in [3.8, 4) is 0 Å². The number of carbonyl (C=O) groups excluding carboxylic acids is 1. The molecule has 0 aromatic carbocycles. The summed E-state index contributed by atoms with van der Waals surface area (Å²) in [5.74, 6) is -0.179. The van der Waals surface area contributed by atoms with Gasteiger partial charge in [-0.3, -0.25) is 4.79 Å². The van der Waals surface area contributed by atoms with Crippen molar-refractivity contribution in [3.05, 3.63) is 23.0 Å². The van der Waals surface area contributed by atoms with Gasteiger partial charge in [0.25, 0.3) is 5.91 Å². The van der Waals surface area contributed by atoms with Gasteiger partial charge in [-0.15, -0.1) is 0 Å². The summed E-state index contributed by atoms with van der Waals surface area (Å²) in [5, 5.41) is 3.28. The highest BCUT2D eigenvalue weighted by Gasteiger charge is 2.10. The van der Waals surface area contributed by atoms with E-state index < -0.39 is 0 Å². The molecule has 1 aromatic rings. The Kier molecular flexibility index (Phi) is 3.98. The number of hydrogen-bond acceptors (Lipinski definition) is 2. The second-order valence-corrected chi connectivity index (χ2v) is 3.50. The molecule has 4 nitrogen and oxygen atoms in total. The zero-order valence-electron chi connectivity index (χ0n) is 8.13. The van der Waals surface area contributed by atoms with E-state index in [2.05, 4.69) is 10.3 Å². The number of amides is 1. The molecule has 0 aliphatic rings. The molecule has 1 atom stereocenters. The number of methoxy groups -OCH3 is 1. The third-order valence-corrected chi connectivity index (χ3v) is 1.90. The lowest BCUT2D eigenvalue weighted by atomic mass is 10.3. The predicted molar refractivity (Wildman–Crippen MR) is 54.6 cm³/mol. The third kappa shape index (κ3) is 3.05. The molecule has 1 rings (SSSR count). The first-order valence-electron chi connectivity index (χ1n) is 4.27. The molecule has 0 spiro atoms. The van der Waals surface area contributed by atoms with Crippen molar-refractivity contribution in [1.82, 2.24) is 10.3 Å². The molecule has 0 bridgehead atoms. The molecule has 0 aliphatic heterocycles. The lowest BCUT2D eigenvalue weighted by molar-refractivity contribution is 0.0901. The summed E-state index contributed by atoms with van der Waals surface area (Å²) in [4.78, 5) is 14.3. The molecule has 0 saturated carbocycles. The van der Waals surface area contributed by atoms with E-state index in [0.717, 1.165) is 0 Å². The molecule has 0 fully saturated rings. The van der Waals surface area contributed by atoms with E-state index in [0.29, 0.717) is 17.3 Å². The average molecular weight is 217 g/mol. The minimum Gasteiger partial charge on any atom is -0.383 e. The van der Waals surface area contributed by atoms with Crippen LogP contribution in [0.4, 0.5) is 0 Å². The van der Waals surface area contributed by atoms with Gasteiger partial charge in [0, 0.05) is 19.3 Å². The second-order valence-electron chi connectivity index (χ2n) is 3.06. The fourth-order valence-corrected chi connectivity index (χ4v) is 1.26. The van der Waals surface area contributed by atoms with Crippen molar-refractivity contribution in [3.63, 3.8) is 0 Å². The van der Waals surface area contributed by atoms with E-state index in [9.17, 15) is 4.79 Å². The van der Waals surface area contributed by atoms with Crippen LogP contribution >= 0.6 is 11.6 Å². The van der Waals surface area contributed by atoms with Crippen LogP contribution in [0.25, 0.3) is 0 Å². The van der Waals surface area contributed by atoms with Crippen molar-refractivity contribution in [2.24, 2.45) is 0 Å². The molecule has 0 aliphatic carbocycles. The Hall–Kier alpha value is -1.00. The van der Waals surface area contributed by atoms with Gasteiger partial charge in [0.1, 0.15) is 5.69 Å². The first-order valence-corrected chi connectivity index (χ1v) is 4.65. The minimum atomic E-state index is -0.179. The minimum absolute atomic E-state index is 0.0189. The van der Waals surface area contributed by atoms with Crippen molar-refractivity contribution in [2.45, 2.75) is 13.0 Å². The summed E-state index contributed by atoms with van der Waals surface area (Å²) >= 11 is 5.67.